The number of hydrogen-bond donors (Lipinski definition) is 0. The van der Waals surface area contributed by atoms with Crippen LogP contribution in [-0.4, -0.2) is 19.1 Å². The molecule has 1 unspecified atom stereocenters. The van der Waals surface area contributed by atoms with Crippen molar-refractivity contribution in [2.45, 2.75) is 25.4 Å². The molecule has 0 saturated carbocycles. The first-order chi connectivity index (χ1) is 7.31. The van der Waals surface area contributed by atoms with Gasteiger partial charge in [-0.25, -0.2) is 9.97 Å². The monoisotopic (exact) mass is 224 g/mol. The Morgan fingerprint density at radius 3 is 2.93 bits per heavy atom. The minimum atomic E-state index is 0.329. The van der Waals surface area contributed by atoms with Crippen LogP contribution in [0.4, 0.5) is 0 Å². The van der Waals surface area contributed by atoms with Gasteiger partial charge < -0.3 is 9.13 Å². The maximum atomic E-state index is 5.82. The van der Waals surface area contributed by atoms with Gasteiger partial charge in [-0.3, -0.25) is 0 Å². The molecule has 2 heterocycles. The van der Waals surface area contributed by atoms with Crippen molar-refractivity contribution >= 4 is 11.6 Å². The van der Waals surface area contributed by atoms with E-state index >= 15 is 0 Å². The summed E-state index contributed by atoms with van der Waals surface area (Å²) in [5, 5.41) is 0. The van der Waals surface area contributed by atoms with Gasteiger partial charge in [0.1, 0.15) is 0 Å². The highest BCUT2D eigenvalue weighted by molar-refractivity contribution is 6.16. The highest BCUT2D eigenvalue weighted by Gasteiger charge is 2.08. The van der Waals surface area contributed by atoms with Gasteiger partial charge in [-0.1, -0.05) is 0 Å². The lowest BCUT2D eigenvalue weighted by Gasteiger charge is -2.16. The van der Waals surface area contributed by atoms with E-state index in [1.807, 2.05) is 23.4 Å². The summed E-state index contributed by atoms with van der Waals surface area (Å²) in [6.07, 6.45) is 9.17. The van der Waals surface area contributed by atoms with E-state index in [1.165, 1.54) is 0 Å². The predicted octanol–water partition coefficient (Wildman–Crippen LogP) is 2.08. The third-order valence-electron chi connectivity index (χ3n) is 2.39. The topological polar surface area (TPSA) is 35.6 Å². The molecule has 2 aromatic heterocycles. The smallest absolute Gasteiger partial charge is 0.0951 e. The molecule has 5 heteroatoms. The largest absolute Gasteiger partial charge is 0.335 e. The van der Waals surface area contributed by atoms with Crippen LogP contribution >= 0.6 is 11.6 Å². The van der Waals surface area contributed by atoms with Gasteiger partial charge >= 0.3 is 0 Å². The van der Waals surface area contributed by atoms with Crippen LogP contribution in [0.1, 0.15) is 18.7 Å². The molecule has 15 heavy (non-hydrogen) atoms. The fourth-order valence-electron chi connectivity index (χ4n) is 1.62. The minimum Gasteiger partial charge on any atom is -0.335 e. The summed E-state index contributed by atoms with van der Waals surface area (Å²) in [6.45, 7) is 3.01. The summed E-state index contributed by atoms with van der Waals surface area (Å²) in [6, 6.07) is 0.329. The Hall–Kier alpha value is -1.29. The fourth-order valence-corrected chi connectivity index (χ4v) is 1.83. The average Bonchev–Trinajstić information content (AvgIpc) is 2.86. The van der Waals surface area contributed by atoms with Crippen LogP contribution in [0.5, 0.6) is 0 Å². The molecule has 2 rings (SSSR count). The third-order valence-corrected chi connectivity index (χ3v) is 2.67. The van der Waals surface area contributed by atoms with Crippen LogP contribution in [0.2, 0.25) is 0 Å². The lowest BCUT2D eigenvalue weighted by molar-refractivity contribution is 0.456. The maximum absolute atomic E-state index is 5.82. The Balaban J connectivity index is 2.11. The van der Waals surface area contributed by atoms with E-state index in [4.69, 9.17) is 11.6 Å². The highest BCUT2D eigenvalue weighted by Crippen LogP contribution is 2.13. The second kappa shape index (κ2) is 4.49. The molecular weight excluding hydrogens is 212 g/mol. The SMILES string of the molecule is CC(Cn1ccnc1)n1cncc1CCl. The van der Waals surface area contributed by atoms with Crippen LogP contribution in [0.3, 0.4) is 0 Å². The predicted molar refractivity (Wildman–Crippen MR) is 58.7 cm³/mol. The van der Waals surface area contributed by atoms with E-state index in [0.717, 1.165) is 12.2 Å². The molecule has 0 saturated heterocycles. The Kier molecular flexibility index (Phi) is 3.06. The van der Waals surface area contributed by atoms with E-state index in [2.05, 4.69) is 21.5 Å². The molecule has 0 N–H and O–H groups in total. The van der Waals surface area contributed by atoms with Gasteiger partial charge in [0.05, 0.1) is 24.2 Å². The van der Waals surface area contributed by atoms with E-state index in [1.54, 1.807) is 12.4 Å². The first kappa shape index (κ1) is 10.2. The molecule has 0 aliphatic carbocycles. The van der Waals surface area contributed by atoms with Crippen molar-refractivity contribution in [1.82, 2.24) is 19.1 Å². The molecule has 0 amide bonds. The Labute approximate surface area is 93.5 Å². The van der Waals surface area contributed by atoms with Crippen molar-refractivity contribution < 1.29 is 0 Å². The van der Waals surface area contributed by atoms with Crippen molar-refractivity contribution in [1.29, 1.82) is 0 Å². The minimum absolute atomic E-state index is 0.329. The summed E-state index contributed by atoms with van der Waals surface area (Å²) in [5.41, 5.74) is 1.05. The van der Waals surface area contributed by atoms with Crippen molar-refractivity contribution in [3.63, 3.8) is 0 Å². The lowest BCUT2D eigenvalue weighted by Crippen LogP contribution is -2.13. The standard InChI is InChI=1S/C10H13ClN4/c1-9(6-14-3-2-12-7-14)15-8-13-5-10(15)4-11/h2-3,5,7-9H,4,6H2,1H3. The normalized spacial score (nSPS) is 12.9. The second-order valence-corrected chi connectivity index (χ2v) is 3.80. The van der Waals surface area contributed by atoms with Crippen molar-refractivity contribution in [3.8, 4) is 0 Å². The van der Waals surface area contributed by atoms with E-state index < -0.39 is 0 Å². The molecule has 0 bridgehead atoms. The van der Waals surface area contributed by atoms with Crippen LogP contribution in [-0.2, 0) is 12.4 Å². The molecule has 0 aliphatic rings. The quantitative estimate of drug-likeness (QED) is 0.746. The molecule has 0 spiro atoms. The molecule has 0 fully saturated rings. The Morgan fingerprint density at radius 1 is 1.40 bits per heavy atom. The zero-order chi connectivity index (χ0) is 10.7. The van der Waals surface area contributed by atoms with Gasteiger partial charge in [-0.15, -0.1) is 11.6 Å². The molecule has 2 aromatic rings. The summed E-state index contributed by atoms with van der Waals surface area (Å²) in [4.78, 5) is 8.11. The molecule has 0 aromatic carbocycles. The molecule has 0 radical (unpaired) electrons. The maximum Gasteiger partial charge on any atom is 0.0951 e. The van der Waals surface area contributed by atoms with Crippen LogP contribution in [0.15, 0.2) is 31.2 Å². The number of rotatable bonds is 4. The van der Waals surface area contributed by atoms with Gasteiger partial charge in [0.15, 0.2) is 0 Å². The van der Waals surface area contributed by atoms with Crippen molar-refractivity contribution in [2.75, 3.05) is 0 Å². The van der Waals surface area contributed by atoms with Gasteiger partial charge in [-0.05, 0) is 6.92 Å². The number of halogens is 1. The number of aromatic nitrogens is 4. The summed E-state index contributed by atoms with van der Waals surface area (Å²) in [5.74, 6) is 0.494. The van der Waals surface area contributed by atoms with Gasteiger partial charge in [0.2, 0.25) is 0 Å². The highest BCUT2D eigenvalue weighted by atomic mass is 35.5. The summed E-state index contributed by atoms with van der Waals surface area (Å²) in [7, 11) is 0. The van der Waals surface area contributed by atoms with Crippen LogP contribution in [0.25, 0.3) is 0 Å². The molecule has 1 atom stereocenters. The van der Waals surface area contributed by atoms with E-state index in [9.17, 15) is 0 Å². The zero-order valence-corrected chi connectivity index (χ0v) is 9.30. The van der Waals surface area contributed by atoms with Crippen molar-refractivity contribution in [2.24, 2.45) is 0 Å². The summed E-state index contributed by atoms with van der Waals surface area (Å²) < 4.78 is 4.13. The molecular formula is C10H13ClN4. The van der Waals surface area contributed by atoms with Crippen LogP contribution in [0, 0.1) is 0 Å². The second-order valence-electron chi connectivity index (χ2n) is 3.53. The first-order valence-corrected chi connectivity index (χ1v) is 5.37. The fraction of sp³-hybridized carbons (Fsp3) is 0.400. The summed E-state index contributed by atoms with van der Waals surface area (Å²) >= 11 is 5.82. The van der Waals surface area contributed by atoms with Crippen molar-refractivity contribution in [3.05, 3.63) is 36.9 Å². The number of alkyl halides is 1. The van der Waals surface area contributed by atoms with Gasteiger partial charge in [-0.2, -0.15) is 0 Å². The molecule has 80 valence electrons. The number of imidazole rings is 2. The number of nitrogens with zero attached hydrogens (tertiary/aromatic N) is 4. The Bertz CT molecular complexity index is 407. The first-order valence-electron chi connectivity index (χ1n) is 4.83. The lowest BCUT2D eigenvalue weighted by atomic mass is 10.3. The molecule has 4 nitrogen and oxygen atoms in total. The number of hydrogen-bond acceptors (Lipinski definition) is 2. The Morgan fingerprint density at radius 2 is 2.27 bits per heavy atom. The van der Waals surface area contributed by atoms with E-state index in [0.29, 0.717) is 11.9 Å². The molecule has 0 aliphatic heterocycles. The van der Waals surface area contributed by atoms with E-state index in [-0.39, 0.29) is 0 Å². The zero-order valence-electron chi connectivity index (χ0n) is 8.55. The van der Waals surface area contributed by atoms with Gasteiger partial charge in [0, 0.05) is 31.2 Å². The third kappa shape index (κ3) is 2.21. The van der Waals surface area contributed by atoms with Crippen LogP contribution < -0.4 is 0 Å². The average molecular weight is 225 g/mol. The van der Waals surface area contributed by atoms with Gasteiger partial charge in [0.25, 0.3) is 0 Å².